The SMILES string of the molecule is Cc1ccc(C(=O)[C@H]2[C@H](C(=O)c3ccccc3OCC#N)N3C=Cc4ccccc4[C@@H]3[C@]23C(=O)Nc2ccccc23)cc1. The van der Waals surface area contributed by atoms with Gasteiger partial charge < -0.3 is 15.0 Å². The second-order valence-electron chi connectivity index (χ2n) is 11.1. The highest BCUT2D eigenvalue weighted by atomic mass is 16.5. The van der Waals surface area contributed by atoms with Crippen LogP contribution in [-0.4, -0.2) is 35.0 Å². The summed E-state index contributed by atoms with van der Waals surface area (Å²) in [5.41, 5.74) is 3.36. The molecule has 0 radical (unpaired) electrons. The van der Waals surface area contributed by atoms with Crippen LogP contribution in [0.5, 0.6) is 5.75 Å². The van der Waals surface area contributed by atoms with Gasteiger partial charge in [0.1, 0.15) is 23.3 Å². The number of rotatable bonds is 6. The van der Waals surface area contributed by atoms with Crippen LogP contribution in [-0.2, 0) is 10.2 Å². The predicted molar refractivity (Wildman–Crippen MR) is 161 cm³/mol. The van der Waals surface area contributed by atoms with Crippen LogP contribution >= 0.6 is 0 Å². The van der Waals surface area contributed by atoms with Crippen LogP contribution in [0.4, 0.5) is 5.69 Å². The topological polar surface area (TPSA) is 99.5 Å². The molecule has 1 spiro atoms. The van der Waals surface area contributed by atoms with Crippen molar-refractivity contribution in [2.45, 2.75) is 24.4 Å². The first-order valence-electron chi connectivity index (χ1n) is 14.2. The maximum atomic E-state index is 14.9. The van der Waals surface area contributed by atoms with Crippen LogP contribution < -0.4 is 10.1 Å². The van der Waals surface area contributed by atoms with Gasteiger partial charge in [-0.15, -0.1) is 0 Å². The van der Waals surface area contributed by atoms with Gasteiger partial charge >= 0.3 is 0 Å². The van der Waals surface area contributed by atoms with Crippen molar-refractivity contribution in [1.82, 2.24) is 4.90 Å². The van der Waals surface area contributed by atoms with E-state index in [2.05, 4.69) is 5.32 Å². The number of anilines is 1. The summed E-state index contributed by atoms with van der Waals surface area (Å²) in [6.07, 6.45) is 3.77. The molecule has 0 aliphatic carbocycles. The highest BCUT2D eigenvalue weighted by Crippen LogP contribution is 2.62. The van der Waals surface area contributed by atoms with E-state index in [4.69, 9.17) is 4.74 Å². The summed E-state index contributed by atoms with van der Waals surface area (Å²) in [6, 6.07) is 29.5. The standard InChI is InChI=1S/C36H27N3O4/c1-22-14-16-24(17-15-22)32(40)30-31(33(41)26-10-4-7-13-29(26)43-21-19-37)39-20-18-23-8-2-3-9-25(23)34(39)36(30)27-11-5-6-12-28(27)38-35(36)42/h2-18,20,30-31,34H,21H2,1H3,(H,38,42)/t30-,31-,34-,36-/m1/s1. The molecule has 3 heterocycles. The number of hydrogen-bond acceptors (Lipinski definition) is 6. The van der Waals surface area contributed by atoms with Crippen molar-refractivity contribution in [3.8, 4) is 11.8 Å². The Labute approximate surface area is 249 Å². The number of Topliss-reactive ketones (excluding diaryl/α,β-unsaturated/α-hetero) is 2. The van der Waals surface area contributed by atoms with Gasteiger partial charge in [0.2, 0.25) is 5.91 Å². The second-order valence-corrected chi connectivity index (χ2v) is 11.1. The van der Waals surface area contributed by atoms with E-state index in [1.165, 1.54) is 0 Å². The normalized spacial score (nSPS) is 22.7. The Hall–Kier alpha value is -5.48. The first-order valence-corrected chi connectivity index (χ1v) is 14.2. The molecule has 3 aliphatic rings. The lowest BCUT2D eigenvalue weighted by molar-refractivity contribution is -0.122. The molecule has 43 heavy (non-hydrogen) atoms. The number of aryl methyl sites for hydroxylation is 1. The van der Waals surface area contributed by atoms with Crippen molar-refractivity contribution in [1.29, 1.82) is 5.26 Å². The van der Waals surface area contributed by atoms with Crippen molar-refractivity contribution >= 4 is 29.2 Å². The molecule has 0 bridgehead atoms. The van der Waals surface area contributed by atoms with Gasteiger partial charge in [-0.1, -0.05) is 84.4 Å². The van der Waals surface area contributed by atoms with Gasteiger partial charge in [-0.05, 0) is 47.9 Å². The number of carbonyl (C=O) groups excluding carboxylic acids is 3. The highest BCUT2D eigenvalue weighted by molar-refractivity contribution is 6.17. The second kappa shape index (κ2) is 10.1. The van der Waals surface area contributed by atoms with Crippen LogP contribution in [0.3, 0.4) is 0 Å². The van der Waals surface area contributed by atoms with E-state index >= 15 is 0 Å². The number of amides is 1. The first kappa shape index (κ1) is 26.4. The Morgan fingerprint density at radius 1 is 0.930 bits per heavy atom. The van der Waals surface area contributed by atoms with Gasteiger partial charge in [-0.2, -0.15) is 5.26 Å². The number of hydrogen-bond donors (Lipinski definition) is 1. The molecule has 4 aromatic carbocycles. The fourth-order valence-electron chi connectivity index (χ4n) is 7.13. The highest BCUT2D eigenvalue weighted by Gasteiger charge is 2.70. The van der Waals surface area contributed by atoms with Crippen molar-refractivity contribution in [2.75, 3.05) is 11.9 Å². The van der Waals surface area contributed by atoms with E-state index in [1.54, 1.807) is 36.4 Å². The summed E-state index contributed by atoms with van der Waals surface area (Å²) in [5.74, 6) is -1.80. The Balaban J connectivity index is 1.52. The van der Waals surface area contributed by atoms with Crippen LogP contribution in [0.15, 0.2) is 103 Å². The molecule has 1 saturated heterocycles. The number of nitrogens with zero attached hydrogens (tertiary/aromatic N) is 2. The number of ketones is 2. The fraction of sp³-hybridized carbons (Fsp3) is 0.167. The quantitative estimate of drug-likeness (QED) is 0.293. The number of para-hydroxylation sites is 2. The Morgan fingerprint density at radius 2 is 1.65 bits per heavy atom. The zero-order chi connectivity index (χ0) is 29.7. The average molecular weight is 566 g/mol. The van der Waals surface area contributed by atoms with E-state index < -0.39 is 23.4 Å². The maximum absolute atomic E-state index is 14.9. The van der Waals surface area contributed by atoms with Crippen LogP contribution in [0.25, 0.3) is 6.08 Å². The molecule has 1 N–H and O–H groups in total. The van der Waals surface area contributed by atoms with E-state index in [-0.39, 0.29) is 35.4 Å². The molecule has 0 saturated carbocycles. The maximum Gasteiger partial charge on any atom is 0.238 e. The van der Waals surface area contributed by atoms with Crippen molar-refractivity contribution in [3.05, 3.63) is 137 Å². The number of benzene rings is 4. The van der Waals surface area contributed by atoms with Crippen molar-refractivity contribution in [2.24, 2.45) is 5.92 Å². The lowest BCUT2D eigenvalue weighted by Gasteiger charge is -2.38. The molecule has 1 fully saturated rings. The average Bonchev–Trinajstić information content (AvgIpc) is 3.52. The molecule has 210 valence electrons. The molecule has 7 rings (SSSR count). The van der Waals surface area contributed by atoms with Crippen LogP contribution in [0.1, 0.15) is 49.0 Å². The van der Waals surface area contributed by atoms with Crippen molar-refractivity contribution in [3.63, 3.8) is 0 Å². The van der Waals surface area contributed by atoms with E-state index in [0.29, 0.717) is 16.8 Å². The minimum Gasteiger partial charge on any atom is -0.478 e. The molecule has 1 amide bonds. The smallest absolute Gasteiger partial charge is 0.238 e. The van der Waals surface area contributed by atoms with Gasteiger partial charge in [-0.25, -0.2) is 0 Å². The molecule has 4 aromatic rings. The summed E-state index contributed by atoms with van der Waals surface area (Å²) >= 11 is 0. The van der Waals surface area contributed by atoms with E-state index in [0.717, 1.165) is 16.7 Å². The number of carbonyl (C=O) groups is 3. The molecule has 3 aliphatic heterocycles. The number of nitrogens with one attached hydrogen (secondary N) is 1. The van der Waals surface area contributed by atoms with Crippen LogP contribution in [0, 0.1) is 24.2 Å². The summed E-state index contributed by atoms with van der Waals surface area (Å²) in [7, 11) is 0. The largest absolute Gasteiger partial charge is 0.478 e. The number of ether oxygens (including phenoxy) is 1. The lowest BCUT2D eigenvalue weighted by Crippen LogP contribution is -2.49. The zero-order valence-electron chi connectivity index (χ0n) is 23.4. The lowest BCUT2D eigenvalue weighted by atomic mass is 9.62. The van der Waals surface area contributed by atoms with Gasteiger partial charge in [-0.3, -0.25) is 14.4 Å². The zero-order valence-corrected chi connectivity index (χ0v) is 23.4. The third-order valence-electron chi connectivity index (χ3n) is 8.90. The third kappa shape index (κ3) is 3.84. The molecule has 0 aromatic heterocycles. The van der Waals surface area contributed by atoms with Gasteiger partial charge in [0, 0.05) is 17.5 Å². The minimum absolute atomic E-state index is 0.236. The molecule has 7 heteroatoms. The number of nitriles is 1. The summed E-state index contributed by atoms with van der Waals surface area (Å²) in [5, 5.41) is 12.2. The minimum atomic E-state index is -1.41. The number of fused-ring (bicyclic) bond motifs is 6. The molecule has 4 atom stereocenters. The summed E-state index contributed by atoms with van der Waals surface area (Å²) < 4.78 is 5.66. The Morgan fingerprint density at radius 3 is 2.47 bits per heavy atom. The first-order chi connectivity index (χ1) is 21.0. The van der Waals surface area contributed by atoms with Gasteiger partial charge in [0.25, 0.3) is 0 Å². The molecular formula is C36H27N3O4. The molecular weight excluding hydrogens is 538 g/mol. The Bertz CT molecular complexity index is 1870. The molecule has 0 unspecified atom stereocenters. The fourth-order valence-corrected chi connectivity index (χ4v) is 7.13. The monoisotopic (exact) mass is 565 g/mol. The van der Waals surface area contributed by atoms with E-state index in [1.807, 2.05) is 90.8 Å². The predicted octanol–water partition coefficient (Wildman–Crippen LogP) is 5.88. The summed E-state index contributed by atoms with van der Waals surface area (Å²) in [4.78, 5) is 46.2. The summed E-state index contributed by atoms with van der Waals surface area (Å²) in [6.45, 7) is 1.71. The Kier molecular flexibility index (Phi) is 6.21. The molecule has 7 nitrogen and oxygen atoms in total. The van der Waals surface area contributed by atoms with Crippen molar-refractivity contribution < 1.29 is 19.1 Å². The third-order valence-corrected chi connectivity index (χ3v) is 8.90. The van der Waals surface area contributed by atoms with E-state index in [9.17, 15) is 19.6 Å². The van der Waals surface area contributed by atoms with Gasteiger partial charge in [0.05, 0.1) is 17.5 Å². The van der Waals surface area contributed by atoms with Crippen LogP contribution in [0.2, 0.25) is 0 Å². The van der Waals surface area contributed by atoms with Gasteiger partial charge in [0.15, 0.2) is 18.2 Å².